The maximum atomic E-state index is 12.1. The molecular formula is C15H20N2O2. The third-order valence-corrected chi connectivity index (χ3v) is 3.31. The molecule has 0 atom stereocenters. The summed E-state index contributed by atoms with van der Waals surface area (Å²) in [5.74, 6) is 0.0826. The second kappa shape index (κ2) is 6.36. The number of carbonyl (C=O) groups excluding carboxylic acids is 2. The Morgan fingerprint density at radius 1 is 1.21 bits per heavy atom. The van der Waals surface area contributed by atoms with Crippen LogP contribution in [0.5, 0.6) is 0 Å². The molecular weight excluding hydrogens is 240 g/mol. The Labute approximate surface area is 113 Å². The predicted molar refractivity (Wildman–Crippen MR) is 74.9 cm³/mol. The summed E-state index contributed by atoms with van der Waals surface area (Å²) in [6, 6.07) is 7.48. The molecule has 1 aliphatic heterocycles. The first-order chi connectivity index (χ1) is 9.15. The van der Waals surface area contributed by atoms with Crippen molar-refractivity contribution in [2.24, 2.45) is 0 Å². The number of amides is 2. The van der Waals surface area contributed by atoms with E-state index < -0.39 is 0 Å². The summed E-state index contributed by atoms with van der Waals surface area (Å²) in [7, 11) is 0. The van der Waals surface area contributed by atoms with E-state index in [9.17, 15) is 9.59 Å². The number of piperidine rings is 1. The first-order valence-corrected chi connectivity index (χ1v) is 6.79. The summed E-state index contributed by atoms with van der Waals surface area (Å²) >= 11 is 0. The Hall–Kier alpha value is -1.84. The number of benzene rings is 1. The largest absolute Gasteiger partial charge is 0.342 e. The molecule has 0 bridgehead atoms. The number of nitrogens with zero attached hydrogens (tertiary/aromatic N) is 1. The van der Waals surface area contributed by atoms with Crippen molar-refractivity contribution in [1.29, 1.82) is 0 Å². The van der Waals surface area contributed by atoms with Gasteiger partial charge in [-0.2, -0.15) is 0 Å². The highest BCUT2D eigenvalue weighted by Gasteiger charge is 2.16. The van der Waals surface area contributed by atoms with Gasteiger partial charge in [-0.25, -0.2) is 0 Å². The third kappa shape index (κ3) is 4.09. The lowest BCUT2D eigenvalue weighted by Gasteiger charge is -2.26. The summed E-state index contributed by atoms with van der Waals surface area (Å²) in [6.07, 6.45) is 3.85. The summed E-state index contributed by atoms with van der Waals surface area (Å²) in [6.45, 7) is 3.24. The van der Waals surface area contributed by atoms with E-state index in [2.05, 4.69) is 5.32 Å². The molecule has 1 aliphatic rings. The maximum Gasteiger partial charge on any atom is 0.226 e. The minimum atomic E-state index is -0.0977. The van der Waals surface area contributed by atoms with Crippen molar-refractivity contribution in [2.45, 2.75) is 32.6 Å². The molecule has 2 rings (SSSR count). The van der Waals surface area contributed by atoms with E-state index in [1.54, 1.807) is 0 Å². The van der Waals surface area contributed by atoms with Gasteiger partial charge in [-0.15, -0.1) is 0 Å². The van der Waals surface area contributed by atoms with Gasteiger partial charge in [0.25, 0.3) is 0 Å². The van der Waals surface area contributed by atoms with Gasteiger partial charge in [0.2, 0.25) is 11.8 Å². The van der Waals surface area contributed by atoms with Crippen LogP contribution in [-0.2, 0) is 16.0 Å². The maximum absolute atomic E-state index is 12.1. The van der Waals surface area contributed by atoms with Crippen LogP contribution in [0, 0.1) is 0 Å². The van der Waals surface area contributed by atoms with Crippen LogP contribution in [0.3, 0.4) is 0 Å². The molecule has 0 unspecified atom stereocenters. The number of rotatable bonds is 3. The predicted octanol–water partition coefficient (Wildman–Crippen LogP) is 2.20. The average molecular weight is 260 g/mol. The van der Waals surface area contributed by atoms with Crippen LogP contribution < -0.4 is 5.32 Å². The van der Waals surface area contributed by atoms with Crippen LogP contribution in [0.2, 0.25) is 0 Å². The molecule has 1 saturated heterocycles. The number of carbonyl (C=O) groups is 2. The van der Waals surface area contributed by atoms with Crippen molar-refractivity contribution in [3.05, 3.63) is 29.8 Å². The fourth-order valence-corrected chi connectivity index (χ4v) is 2.39. The Morgan fingerprint density at radius 2 is 1.95 bits per heavy atom. The highest BCUT2D eigenvalue weighted by atomic mass is 16.2. The van der Waals surface area contributed by atoms with Crippen molar-refractivity contribution in [2.75, 3.05) is 18.4 Å². The van der Waals surface area contributed by atoms with Crippen molar-refractivity contribution in [3.8, 4) is 0 Å². The normalized spacial score (nSPS) is 15.1. The highest BCUT2D eigenvalue weighted by Crippen LogP contribution is 2.14. The van der Waals surface area contributed by atoms with Gasteiger partial charge < -0.3 is 10.2 Å². The molecule has 0 aromatic heterocycles. The molecule has 1 aromatic rings. The van der Waals surface area contributed by atoms with Crippen molar-refractivity contribution >= 4 is 17.5 Å². The zero-order valence-corrected chi connectivity index (χ0v) is 11.3. The van der Waals surface area contributed by atoms with Gasteiger partial charge in [-0.3, -0.25) is 9.59 Å². The Kier molecular flexibility index (Phi) is 4.55. The van der Waals surface area contributed by atoms with Gasteiger partial charge in [-0.05, 0) is 37.0 Å². The number of hydrogen-bond donors (Lipinski definition) is 1. The summed E-state index contributed by atoms with van der Waals surface area (Å²) in [4.78, 5) is 25.1. The molecule has 0 spiro atoms. The molecule has 1 N–H and O–H groups in total. The smallest absolute Gasteiger partial charge is 0.226 e. The van der Waals surface area contributed by atoms with E-state index in [4.69, 9.17) is 0 Å². The number of likely N-dealkylation sites (tertiary alicyclic amines) is 1. The third-order valence-electron chi connectivity index (χ3n) is 3.31. The van der Waals surface area contributed by atoms with E-state index >= 15 is 0 Å². The van der Waals surface area contributed by atoms with E-state index in [1.807, 2.05) is 29.2 Å². The quantitative estimate of drug-likeness (QED) is 0.905. The van der Waals surface area contributed by atoms with Gasteiger partial charge in [0.05, 0.1) is 6.42 Å². The first-order valence-electron chi connectivity index (χ1n) is 6.79. The molecule has 0 aliphatic carbocycles. The summed E-state index contributed by atoms with van der Waals surface area (Å²) in [5, 5.41) is 2.73. The standard InChI is InChI=1S/C15H20N2O2/c1-12(18)16-14-7-5-6-13(10-14)11-15(19)17-8-3-2-4-9-17/h5-7,10H,2-4,8-9,11H2,1H3,(H,16,18). The van der Waals surface area contributed by atoms with Crippen LogP contribution in [0.1, 0.15) is 31.7 Å². The number of nitrogens with one attached hydrogen (secondary N) is 1. The number of hydrogen-bond acceptors (Lipinski definition) is 2. The Bertz CT molecular complexity index is 465. The van der Waals surface area contributed by atoms with Crippen LogP contribution in [-0.4, -0.2) is 29.8 Å². The lowest BCUT2D eigenvalue weighted by atomic mass is 10.1. The van der Waals surface area contributed by atoms with E-state index in [0.717, 1.165) is 37.2 Å². The molecule has 4 heteroatoms. The van der Waals surface area contributed by atoms with Crippen molar-refractivity contribution in [1.82, 2.24) is 4.90 Å². The topological polar surface area (TPSA) is 49.4 Å². The van der Waals surface area contributed by atoms with Crippen LogP contribution in [0.15, 0.2) is 24.3 Å². The second-order valence-electron chi connectivity index (χ2n) is 5.00. The van der Waals surface area contributed by atoms with Gasteiger partial charge in [-0.1, -0.05) is 12.1 Å². The van der Waals surface area contributed by atoms with E-state index in [1.165, 1.54) is 13.3 Å². The lowest BCUT2D eigenvalue weighted by Crippen LogP contribution is -2.36. The minimum absolute atomic E-state index is 0.0977. The molecule has 0 radical (unpaired) electrons. The minimum Gasteiger partial charge on any atom is -0.342 e. The lowest BCUT2D eigenvalue weighted by molar-refractivity contribution is -0.131. The fourth-order valence-electron chi connectivity index (χ4n) is 2.39. The molecule has 4 nitrogen and oxygen atoms in total. The van der Waals surface area contributed by atoms with Gasteiger partial charge in [0.1, 0.15) is 0 Å². The van der Waals surface area contributed by atoms with Crippen molar-refractivity contribution in [3.63, 3.8) is 0 Å². The number of anilines is 1. The monoisotopic (exact) mass is 260 g/mol. The Balaban J connectivity index is 1.97. The highest BCUT2D eigenvalue weighted by molar-refractivity contribution is 5.89. The first kappa shape index (κ1) is 13.6. The van der Waals surface area contributed by atoms with Crippen LogP contribution >= 0.6 is 0 Å². The molecule has 2 amide bonds. The zero-order valence-electron chi connectivity index (χ0n) is 11.3. The average Bonchev–Trinajstić information content (AvgIpc) is 2.39. The molecule has 1 aromatic carbocycles. The summed E-state index contributed by atoms with van der Waals surface area (Å²) in [5.41, 5.74) is 1.69. The SMILES string of the molecule is CC(=O)Nc1cccc(CC(=O)N2CCCCC2)c1. The fraction of sp³-hybridized carbons (Fsp3) is 0.467. The molecule has 19 heavy (non-hydrogen) atoms. The molecule has 1 heterocycles. The molecule has 1 fully saturated rings. The second-order valence-corrected chi connectivity index (χ2v) is 5.00. The van der Waals surface area contributed by atoms with E-state index in [0.29, 0.717) is 6.42 Å². The van der Waals surface area contributed by atoms with E-state index in [-0.39, 0.29) is 11.8 Å². The summed E-state index contributed by atoms with van der Waals surface area (Å²) < 4.78 is 0. The van der Waals surface area contributed by atoms with Crippen molar-refractivity contribution < 1.29 is 9.59 Å². The molecule has 102 valence electrons. The van der Waals surface area contributed by atoms with Gasteiger partial charge >= 0.3 is 0 Å². The Morgan fingerprint density at radius 3 is 2.63 bits per heavy atom. The van der Waals surface area contributed by atoms with Crippen LogP contribution in [0.25, 0.3) is 0 Å². The van der Waals surface area contributed by atoms with Gasteiger partial charge in [0, 0.05) is 25.7 Å². The zero-order chi connectivity index (χ0) is 13.7. The van der Waals surface area contributed by atoms with Gasteiger partial charge in [0.15, 0.2) is 0 Å². The van der Waals surface area contributed by atoms with Crippen LogP contribution in [0.4, 0.5) is 5.69 Å². The molecule has 0 saturated carbocycles.